The van der Waals surface area contributed by atoms with Gasteiger partial charge in [-0.1, -0.05) is 25.1 Å². The van der Waals surface area contributed by atoms with E-state index in [0.29, 0.717) is 30.6 Å². The van der Waals surface area contributed by atoms with Crippen molar-refractivity contribution in [3.63, 3.8) is 0 Å². The molecular formula is C19H24N4O2. The number of carbonyl (C=O) groups is 1. The quantitative estimate of drug-likeness (QED) is 0.863. The fourth-order valence-electron chi connectivity index (χ4n) is 4.54. The van der Waals surface area contributed by atoms with Crippen molar-refractivity contribution in [2.75, 3.05) is 6.54 Å². The summed E-state index contributed by atoms with van der Waals surface area (Å²) in [5.74, 6) is 0.114. The first-order chi connectivity index (χ1) is 12.1. The number of amides is 1. The van der Waals surface area contributed by atoms with E-state index in [1.807, 2.05) is 18.2 Å². The Kier molecular flexibility index (Phi) is 4.07. The fraction of sp³-hybridized carbons (Fsp3) is 0.526. The number of nitrogens with zero attached hydrogens (tertiary/aromatic N) is 2. The van der Waals surface area contributed by atoms with E-state index < -0.39 is 0 Å². The Morgan fingerprint density at radius 2 is 2.24 bits per heavy atom. The molecule has 0 saturated carbocycles. The monoisotopic (exact) mass is 340 g/mol. The van der Waals surface area contributed by atoms with Crippen molar-refractivity contribution < 1.29 is 4.79 Å². The normalized spacial score (nSPS) is 27.7. The predicted molar refractivity (Wildman–Crippen MR) is 96.3 cm³/mol. The minimum Gasteiger partial charge on any atom is -0.354 e. The van der Waals surface area contributed by atoms with Gasteiger partial charge in [0.05, 0.1) is 23.5 Å². The fourth-order valence-corrected chi connectivity index (χ4v) is 4.54. The first-order valence-electron chi connectivity index (χ1n) is 9.13. The van der Waals surface area contributed by atoms with Crippen molar-refractivity contribution in [1.29, 1.82) is 0 Å². The van der Waals surface area contributed by atoms with Crippen molar-refractivity contribution in [1.82, 2.24) is 20.4 Å². The summed E-state index contributed by atoms with van der Waals surface area (Å²) in [6, 6.07) is 8.21. The third-order valence-corrected chi connectivity index (χ3v) is 5.97. The van der Waals surface area contributed by atoms with Crippen LogP contribution in [-0.4, -0.2) is 34.3 Å². The Labute approximate surface area is 146 Å². The lowest BCUT2D eigenvalue weighted by molar-refractivity contribution is -0.132. The minimum atomic E-state index is -0.287. The molecule has 2 N–H and O–H groups in total. The Hall–Kier alpha value is -2.21. The van der Waals surface area contributed by atoms with Crippen LogP contribution in [0.2, 0.25) is 0 Å². The molecule has 0 unspecified atom stereocenters. The summed E-state index contributed by atoms with van der Waals surface area (Å²) in [5, 5.41) is 12.3. The third-order valence-electron chi connectivity index (χ3n) is 5.97. The highest BCUT2D eigenvalue weighted by Crippen LogP contribution is 2.45. The molecule has 6 nitrogen and oxygen atoms in total. The molecular weight excluding hydrogens is 316 g/mol. The van der Waals surface area contributed by atoms with E-state index in [9.17, 15) is 9.59 Å². The van der Waals surface area contributed by atoms with E-state index >= 15 is 0 Å². The maximum atomic E-state index is 12.8. The van der Waals surface area contributed by atoms with Gasteiger partial charge in [-0.3, -0.25) is 9.59 Å². The Balaban J connectivity index is 1.43. The summed E-state index contributed by atoms with van der Waals surface area (Å²) in [6.45, 7) is 2.90. The van der Waals surface area contributed by atoms with Crippen molar-refractivity contribution in [2.24, 2.45) is 5.41 Å². The van der Waals surface area contributed by atoms with E-state index in [4.69, 9.17) is 0 Å². The summed E-state index contributed by atoms with van der Waals surface area (Å²) < 4.78 is 1.43. The lowest BCUT2D eigenvalue weighted by Crippen LogP contribution is -2.49. The number of nitrogens with one attached hydrogen (secondary N) is 2. The maximum Gasteiger partial charge on any atom is 0.274 e. The molecule has 1 aromatic carbocycles. The number of hydrogen-bond acceptors (Lipinski definition) is 4. The van der Waals surface area contributed by atoms with Crippen LogP contribution in [0.3, 0.4) is 0 Å². The molecule has 3 heterocycles. The first kappa shape index (κ1) is 16.3. The number of carbonyl (C=O) groups excluding carboxylic acids is 1. The molecule has 25 heavy (non-hydrogen) atoms. The molecule has 2 aromatic rings. The maximum absolute atomic E-state index is 12.8. The second kappa shape index (κ2) is 6.26. The third kappa shape index (κ3) is 2.65. The highest BCUT2D eigenvalue weighted by atomic mass is 16.2. The van der Waals surface area contributed by atoms with Gasteiger partial charge in [-0.25, -0.2) is 4.68 Å². The summed E-state index contributed by atoms with van der Waals surface area (Å²) in [4.78, 5) is 25.3. The molecule has 1 amide bonds. The molecule has 0 radical (unpaired) electrons. The highest BCUT2D eigenvalue weighted by molar-refractivity contribution is 5.84. The average Bonchev–Trinajstić information content (AvgIpc) is 3.25. The van der Waals surface area contributed by atoms with Crippen molar-refractivity contribution in [2.45, 2.75) is 51.2 Å². The van der Waals surface area contributed by atoms with E-state index in [-0.39, 0.29) is 16.9 Å². The number of rotatable bonds is 5. The molecule has 6 heteroatoms. The molecule has 1 aromatic heterocycles. The topological polar surface area (TPSA) is 76.0 Å². The van der Waals surface area contributed by atoms with Crippen LogP contribution >= 0.6 is 0 Å². The van der Waals surface area contributed by atoms with Crippen LogP contribution in [-0.2, 0) is 11.3 Å². The van der Waals surface area contributed by atoms with Gasteiger partial charge in [0.15, 0.2) is 0 Å². The zero-order chi connectivity index (χ0) is 17.4. The molecule has 2 saturated heterocycles. The van der Waals surface area contributed by atoms with Gasteiger partial charge in [0.2, 0.25) is 5.91 Å². The minimum absolute atomic E-state index is 0.112. The van der Waals surface area contributed by atoms with Gasteiger partial charge in [-0.15, -0.1) is 0 Å². The predicted octanol–water partition coefficient (Wildman–Crippen LogP) is 1.43. The van der Waals surface area contributed by atoms with Gasteiger partial charge >= 0.3 is 0 Å². The SMILES string of the molecule is CC[C@@]1(C(=O)NCCn2ncc3ccccc3c2=O)C[C@@H]2CC[C@H]1N2. The van der Waals surface area contributed by atoms with Crippen LogP contribution in [0.1, 0.15) is 32.6 Å². The van der Waals surface area contributed by atoms with Gasteiger partial charge in [0.1, 0.15) is 0 Å². The van der Waals surface area contributed by atoms with Crippen LogP contribution in [0.4, 0.5) is 0 Å². The van der Waals surface area contributed by atoms with Crippen LogP contribution < -0.4 is 16.2 Å². The van der Waals surface area contributed by atoms with Crippen molar-refractivity contribution >= 4 is 16.7 Å². The Bertz CT molecular complexity index is 862. The lowest BCUT2D eigenvalue weighted by atomic mass is 9.71. The van der Waals surface area contributed by atoms with Gasteiger partial charge in [-0.2, -0.15) is 5.10 Å². The van der Waals surface area contributed by atoms with Crippen LogP contribution in [0, 0.1) is 5.41 Å². The van der Waals surface area contributed by atoms with Gasteiger partial charge in [0, 0.05) is 24.0 Å². The van der Waals surface area contributed by atoms with E-state index in [1.54, 1.807) is 12.3 Å². The van der Waals surface area contributed by atoms with Gasteiger partial charge in [-0.05, 0) is 31.7 Å². The summed E-state index contributed by atoms with van der Waals surface area (Å²) in [6.07, 6.45) is 5.73. The second-order valence-corrected chi connectivity index (χ2v) is 7.22. The molecule has 0 spiro atoms. The van der Waals surface area contributed by atoms with Crippen LogP contribution in [0.15, 0.2) is 35.3 Å². The Morgan fingerprint density at radius 3 is 2.96 bits per heavy atom. The van der Waals surface area contributed by atoms with Crippen LogP contribution in [0.5, 0.6) is 0 Å². The Morgan fingerprint density at radius 1 is 1.40 bits per heavy atom. The zero-order valence-electron chi connectivity index (χ0n) is 14.5. The summed E-state index contributed by atoms with van der Waals surface area (Å²) in [7, 11) is 0. The molecule has 2 aliphatic rings. The average molecular weight is 340 g/mol. The lowest BCUT2D eigenvalue weighted by Gasteiger charge is -2.34. The number of hydrogen-bond donors (Lipinski definition) is 2. The molecule has 132 valence electrons. The summed E-state index contributed by atoms with van der Waals surface area (Å²) in [5.41, 5.74) is -0.399. The van der Waals surface area contributed by atoms with E-state index in [1.165, 1.54) is 11.1 Å². The van der Waals surface area contributed by atoms with Crippen molar-refractivity contribution in [3.8, 4) is 0 Å². The molecule has 0 aliphatic carbocycles. The number of benzene rings is 1. The van der Waals surface area contributed by atoms with E-state index in [2.05, 4.69) is 22.7 Å². The zero-order valence-corrected chi connectivity index (χ0v) is 14.5. The molecule has 2 aliphatic heterocycles. The van der Waals surface area contributed by atoms with Gasteiger partial charge in [0.25, 0.3) is 5.56 Å². The largest absolute Gasteiger partial charge is 0.354 e. The highest BCUT2D eigenvalue weighted by Gasteiger charge is 2.54. The second-order valence-electron chi connectivity index (χ2n) is 7.22. The number of aromatic nitrogens is 2. The number of fused-ring (bicyclic) bond motifs is 3. The van der Waals surface area contributed by atoms with E-state index in [0.717, 1.165) is 24.6 Å². The standard InChI is InChI=1S/C19H24N4O2/c1-2-19(11-14-7-8-16(19)22-14)18(25)20-9-10-23-17(24)15-6-4-3-5-13(15)12-21-23/h3-6,12,14,16,22H,2,7-11H2,1H3,(H,20,25)/t14-,16+,19+/m0/s1. The summed E-state index contributed by atoms with van der Waals surface area (Å²) >= 11 is 0. The smallest absolute Gasteiger partial charge is 0.274 e. The molecule has 3 atom stereocenters. The van der Waals surface area contributed by atoms with Crippen LogP contribution in [0.25, 0.3) is 10.8 Å². The molecule has 2 fully saturated rings. The van der Waals surface area contributed by atoms with Gasteiger partial charge < -0.3 is 10.6 Å². The molecule has 4 rings (SSSR count). The van der Waals surface area contributed by atoms with Crippen molar-refractivity contribution in [3.05, 3.63) is 40.8 Å². The first-order valence-corrected chi connectivity index (χ1v) is 9.13. The molecule has 2 bridgehead atoms.